The molecule has 2 unspecified atom stereocenters. The van der Waals surface area contributed by atoms with E-state index in [1.165, 1.54) is 7.11 Å². The third-order valence-electron chi connectivity index (χ3n) is 2.28. The summed E-state index contributed by atoms with van der Waals surface area (Å²) in [6.07, 6.45) is 0. The van der Waals surface area contributed by atoms with Crippen LogP contribution in [0.4, 0.5) is 0 Å². The van der Waals surface area contributed by atoms with Crippen molar-refractivity contribution in [3.63, 3.8) is 0 Å². The molecule has 1 rings (SSSR count). The zero-order valence-corrected chi connectivity index (χ0v) is 9.70. The summed E-state index contributed by atoms with van der Waals surface area (Å²) in [4.78, 5) is 10.8. The van der Waals surface area contributed by atoms with Gasteiger partial charge >= 0.3 is 5.97 Å². The Morgan fingerprint density at radius 1 is 1.56 bits per heavy atom. The number of hydrogen-bond donors (Lipinski definition) is 2. The molecule has 0 bridgehead atoms. The quantitative estimate of drug-likeness (QED) is 0.607. The van der Waals surface area contributed by atoms with Gasteiger partial charge in [-0.05, 0) is 0 Å². The maximum absolute atomic E-state index is 11.5. The van der Waals surface area contributed by atoms with Gasteiger partial charge in [0.25, 0.3) is 0 Å². The fraction of sp³-hybridized carbons (Fsp3) is 0.875. The minimum Gasteiger partial charge on any atom is -0.481 e. The van der Waals surface area contributed by atoms with E-state index >= 15 is 0 Å². The zero-order valence-electron chi connectivity index (χ0n) is 8.88. The van der Waals surface area contributed by atoms with E-state index in [1.807, 2.05) is 0 Å². The maximum atomic E-state index is 11.5. The first-order valence-electron chi connectivity index (χ1n) is 4.76. The van der Waals surface area contributed by atoms with Crippen molar-refractivity contribution < 1.29 is 27.8 Å². The number of methoxy groups -OCH3 is 1. The second-order valence-electron chi connectivity index (χ2n) is 3.52. The Morgan fingerprint density at radius 3 is 2.81 bits per heavy atom. The first-order chi connectivity index (χ1) is 7.46. The number of carboxylic acids is 1. The number of carboxylic acid groups (broad SMARTS) is 1. The molecule has 1 aliphatic heterocycles. The van der Waals surface area contributed by atoms with Crippen LogP contribution in [0.25, 0.3) is 0 Å². The van der Waals surface area contributed by atoms with Crippen LogP contribution >= 0.6 is 0 Å². The first kappa shape index (κ1) is 13.4. The van der Waals surface area contributed by atoms with Crippen molar-refractivity contribution >= 4 is 16.0 Å². The Kier molecular flexibility index (Phi) is 4.66. The highest BCUT2D eigenvalue weighted by atomic mass is 32.2. The average molecular weight is 253 g/mol. The number of ether oxygens (including phenoxy) is 2. The monoisotopic (exact) mass is 253 g/mol. The molecular formula is C8H15NO6S. The molecule has 0 aliphatic carbocycles. The fourth-order valence-electron chi connectivity index (χ4n) is 1.40. The molecule has 1 heterocycles. The normalized spacial score (nSPS) is 25.8. The Bertz CT molecular complexity index is 340. The number of aliphatic carboxylic acids is 1. The molecule has 0 aromatic heterocycles. The van der Waals surface area contributed by atoms with Crippen LogP contribution in [0, 0.1) is 5.92 Å². The van der Waals surface area contributed by atoms with Gasteiger partial charge in [-0.25, -0.2) is 13.1 Å². The molecule has 2 N–H and O–H groups in total. The Morgan fingerprint density at radius 2 is 2.25 bits per heavy atom. The fourth-order valence-corrected chi connectivity index (χ4v) is 2.59. The lowest BCUT2D eigenvalue weighted by Crippen LogP contribution is -2.44. The molecule has 0 amide bonds. The molecule has 0 saturated carbocycles. The largest absolute Gasteiger partial charge is 0.481 e. The van der Waals surface area contributed by atoms with Crippen molar-refractivity contribution in [1.82, 2.24) is 4.72 Å². The lowest BCUT2D eigenvalue weighted by Gasteiger charge is -2.15. The molecule has 7 nitrogen and oxygen atoms in total. The van der Waals surface area contributed by atoms with E-state index < -0.39 is 28.0 Å². The number of hydrogen-bond acceptors (Lipinski definition) is 5. The van der Waals surface area contributed by atoms with Crippen molar-refractivity contribution in [2.45, 2.75) is 6.04 Å². The highest BCUT2D eigenvalue weighted by Crippen LogP contribution is 2.14. The summed E-state index contributed by atoms with van der Waals surface area (Å²) >= 11 is 0. The van der Waals surface area contributed by atoms with Crippen molar-refractivity contribution in [2.75, 3.05) is 32.7 Å². The SMILES string of the molecule is COCCS(=O)(=O)NC1COCC1C(=O)O. The smallest absolute Gasteiger partial charge is 0.310 e. The van der Waals surface area contributed by atoms with Crippen LogP contribution in [-0.2, 0) is 24.3 Å². The molecule has 16 heavy (non-hydrogen) atoms. The van der Waals surface area contributed by atoms with Gasteiger partial charge in [-0.3, -0.25) is 4.79 Å². The topological polar surface area (TPSA) is 102 Å². The van der Waals surface area contributed by atoms with Gasteiger partial charge in [0.2, 0.25) is 10.0 Å². The van der Waals surface area contributed by atoms with E-state index in [4.69, 9.17) is 9.84 Å². The third-order valence-corrected chi connectivity index (χ3v) is 3.65. The van der Waals surface area contributed by atoms with Gasteiger partial charge in [-0.2, -0.15) is 0 Å². The van der Waals surface area contributed by atoms with Crippen LogP contribution in [-0.4, -0.2) is 58.2 Å². The predicted octanol–water partition coefficient (Wildman–Crippen LogP) is -1.35. The van der Waals surface area contributed by atoms with Gasteiger partial charge in [0.1, 0.15) is 0 Å². The molecule has 1 aliphatic rings. The molecule has 1 fully saturated rings. The van der Waals surface area contributed by atoms with Crippen LogP contribution in [0.5, 0.6) is 0 Å². The lowest BCUT2D eigenvalue weighted by molar-refractivity contribution is -0.142. The summed E-state index contributed by atoms with van der Waals surface area (Å²) in [7, 11) is -2.11. The Balaban J connectivity index is 2.56. The van der Waals surface area contributed by atoms with Gasteiger partial charge in [0.15, 0.2) is 0 Å². The summed E-state index contributed by atoms with van der Waals surface area (Å²) < 4.78 is 34.8. The number of rotatable bonds is 6. The Labute approximate surface area is 93.8 Å². The van der Waals surface area contributed by atoms with E-state index in [-0.39, 0.29) is 25.6 Å². The van der Waals surface area contributed by atoms with Gasteiger partial charge in [0.05, 0.1) is 37.5 Å². The maximum Gasteiger partial charge on any atom is 0.310 e. The Hall–Kier alpha value is -0.700. The molecule has 0 spiro atoms. The van der Waals surface area contributed by atoms with Crippen LogP contribution in [0.2, 0.25) is 0 Å². The number of sulfonamides is 1. The van der Waals surface area contributed by atoms with E-state index in [2.05, 4.69) is 9.46 Å². The molecular weight excluding hydrogens is 238 g/mol. The van der Waals surface area contributed by atoms with E-state index in [0.29, 0.717) is 0 Å². The summed E-state index contributed by atoms with van der Waals surface area (Å²) in [6, 6.07) is -0.695. The van der Waals surface area contributed by atoms with E-state index in [0.717, 1.165) is 0 Å². The molecule has 2 atom stereocenters. The van der Waals surface area contributed by atoms with E-state index in [1.54, 1.807) is 0 Å². The van der Waals surface area contributed by atoms with Crippen LogP contribution in [0.3, 0.4) is 0 Å². The lowest BCUT2D eigenvalue weighted by atomic mass is 10.1. The molecule has 94 valence electrons. The predicted molar refractivity (Wildman–Crippen MR) is 54.5 cm³/mol. The van der Waals surface area contributed by atoms with Crippen LogP contribution < -0.4 is 4.72 Å². The number of nitrogens with one attached hydrogen (secondary N) is 1. The minimum absolute atomic E-state index is 0.0345. The first-order valence-corrected chi connectivity index (χ1v) is 6.41. The van der Waals surface area contributed by atoms with Gasteiger partial charge in [-0.15, -0.1) is 0 Å². The van der Waals surface area contributed by atoms with Gasteiger partial charge in [0, 0.05) is 7.11 Å². The summed E-state index contributed by atoms with van der Waals surface area (Å²) in [5, 5.41) is 8.82. The number of carbonyl (C=O) groups is 1. The van der Waals surface area contributed by atoms with Crippen molar-refractivity contribution in [1.29, 1.82) is 0 Å². The van der Waals surface area contributed by atoms with Crippen molar-refractivity contribution in [3.05, 3.63) is 0 Å². The molecule has 0 aromatic rings. The molecule has 0 radical (unpaired) electrons. The highest BCUT2D eigenvalue weighted by Gasteiger charge is 2.36. The van der Waals surface area contributed by atoms with Crippen molar-refractivity contribution in [2.24, 2.45) is 5.92 Å². The van der Waals surface area contributed by atoms with Crippen molar-refractivity contribution in [3.8, 4) is 0 Å². The van der Waals surface area contributed by atoms with Gasteiger partial charge < -0.3 is 14.6 Å². The van der Waals surface area contributed by atoms with E-state index in [9.17, 15) is 13.2 Å². The second kappa shape index (κ2) is 5.58. The summed E-state index contributed by atoms with van der Waals surface area (Å²) in [5.41, 5.74) is 0. The van der Waals surface area contributed by atoms with Crippen LogP contribution in [0.1, 0.15) is 0 Å². The summed E-state index contributed by atoms with van der Waals surface area (Å²) in [5.74, 6) is -2.07. The second-order valence-corrected chi connectivity index (χ2v) is 5.39. The minimum atomic E-state index is -3.51. The molecule has 0 aromatic carbocycles. The third kappa shape index (κ3) is 3.71. The molecule has 1 saturated heterocycles. The average Bonchev–Trinajstić information content (AvgIpc) is 2.62. The van der Waals surface area contributed by atoms with Gasteiger partial charge in [-0.1, -0.05) is 0 Å². The standard InChI is InChI=1S/C8H15NO6S/c1-14-2-3-16(12,13)9-7-5-15-4-6(7)8(10)11/h6-7,9H,2-5H2,1H3,(H,10,11). The van der Waals surface area contributed by atoms with Crippen LogP contribution in [0.15, 0.2) is 0 Å². The highest BCUT2D eigenvalue weighted by molar-refractivity contribution is 7.89. The zero-order chi connectivity index (χ0) is 12.2. The summed E-state index contributed by atoms with van der Waals surface area (Å²) in [6.45, 7) is 0.191. The molecule has 8 heteroatoms.